The average molecular weight is 424 g/mol. The molecule has 0 bridgehead atoms. The number of rotatable bonds is 8. The summed E-state index contributed by atoms with van der Waals surface area (Å²) >= 11 is 0. The van der Waals surface area contributed by atoms with Gasteiger partial charge < -0.3 is 20.1 Å². The lowest BCUT2D eigenvalue weighted by Gasteiger charge is -2.29. The molecular weight excluding hydrogens is 396 g/mol. The van der Waals surface area contributed by atoms with Crippen LogP contribution >= 0.6 is 0 Å². The molecule has 0 aliphatic heterocycles. The Labute approximate surface area is 182 Å². The zero-order valence-corrected chi connectivity index (χ0v) is 18.0. The van der Waals surface area contributed by atoms with Crippen LogP contribution in [0.25, 0.3) is 11.1 Å². The van der Waals surface area contributed by atoms with Crippen molar-refractivity contribution in [2.24, 2.45) is 0 Å². The Kier molecular flexibility index (Phi) is 6.95. The van der Waals surface area contributed by atoms with E-state index >= 15 is 0 Å². The largest absolute Gasteiger partial charge is 0.480 e. The maximum absolute atomic E-state index is 12.8. The fourth-order valence-electron chi connectivity index (χ4n) is 4.07. The lowest BCUT2D eigenvalue weighted by atomic mass is 9.98. The molecule has 0 radical (unpaired) electrons. The predicted octanol–water partition coefficient (Wildman–Crippen LogP) is 3.63. The van der Waals surface area contributed by atoms with Crippen LogP contribution in [-0.4, -0.2) is 53.2 Å². The van der Waals surface area contributed by atoms with Gasteiger partial charge in [-0.1, -0.05) is 55.5 Å². The third-order valence-corrected chi connectivity index (χ3v) is 5.79. The van der Waals surface area contributed by atoms with Crippen LogP contribution in [0, 0.1) is 0 Å². The summed E-state index contributed by atoms with van der Waals surface area (Å²) in [6.07, 6.45) is -0.368. The molecule has 1 aliphatic rings. The third-order valence-electron chi connectivity index (χ3n) is 5.79. The maximum Gasteiger partial charge on any atom is 0.407 e. The first-order valence-electron chi connectivity index (χ1n) is 10.5. The van der Waals surface area contributed by atoms with Crippen molar-refractivity contribution in [2.75, 3.05) is 13.2 Å². The average Bonchev–Trinajstić information content (AvgIpc) is 3.10. The third kappa shape index (κ3) is 4.55. The summed E-state index contributed by atoms with van der Waals surface area (Å²) in [5, 5.41) is 11.8. The Morgan fingerprint density at radius 1 is 1.03 bits per heavy atom. The molecule has 0 aromatic heterocycles. The molecule has 1 aliphatic carbocycles. The van der Waals surface area contributed by atoms with Crippen LogP contribution in [-0.2, 0) is 14.3 Å². The van der Waals surface area contributed by atoms with Gasteiger partial charge in [0.25, 0.3) is 0 Å². The highest BCUT2D eigenvalue weighted by molar-refractivity contribution is 5.89. The fourth-order valence-corrected chi connectivity index (χ4v) is 4.07. The van der Waals surface area contributed by atoms with Gasteiger partial charge in [0.15, 0.2) is 0 Å². The first-order chi connectivity index (χ1) is 14.9. The number of alkyl carbamates (subject to hydrolysis) is 1. The standard InChI is InChI=1S/C24H28N2O5/c1-4-21(22(27)26(5-2)15(3)23(28)29)25-24(30)31-14-20-18-12-8-6-10-16(18)17-11-7-9-13-19(17)20/h6-13,15,20-21H,4-5,14H2,1-3H3,(H,25,30)(H,28,29)/t15?,21-/m1/s1. The van der Waals surface area contributed by atoms with Crippen LogP contribution in [0.2, 0.25) is 0 Å². The molecule has 2 aromatic carbocycles. The van der Waals surface area contributed by atoms with Crippen LogP contribution in [0.4, 0.5) is 4.79 Å². The lowest BCUT2D eigenvalue weighted by Crippen LogP contribution is -2.53. The first kappa shape index (κ1) is 22.3. The van der Waals surface area contributed by atoms with Crippen LogP contribution in [0.1, 0.15) is 44.2 Å². The fraction of sp³-hybridized carbons (Fsp3) is 0.375. The van der Waals surface area contributed by atoms with E-state index in [0.717, 1.165) is 22.3 Å². The summed E-state index contributed by atoms with van der Waals surface area (Å²) in [4.78, 5) is 37.8. The number of amides is 2. The highest BCUT2D eigenvalue weighted by Gasteiger charge is 2.32. The van der Waals surface area contributed by atoms with Gasteiger partial charge in [-0.15, -0.1) is 0 Å². The van der Waals surface area contributed by atoms with E-state index in [1.807, 2.05) is 36.4 Å². The van der Waals surface area contributed by atoms with Gasteiger partial charge in [0.1, 0.15) is 18.7 Å². The van der Waals surface area contributed by atoms with Crippen molar-refractivity contribution in [3.05, 3.63) is 59.7 Å². The van der Waals surface area contributed by atoms with Gasteiger partial charge in [0.2, 0.25) is 5.91 Å². The Balaban J connectivity index is 1.67. The molecule has 2 N–H and O–H groups in total. The van der Waals surface area contributed by atoms with E-state index in [1.165, 1.54) is 11.8 Å². The number of nitrogens with zero attached hydrogens (tertiary/aromatic N) is 1. The number of aliphatic carboxylic acids is 1. The SMILES string of the molecule is CC[C@@H](NC(=O)OCC1c2ccccc2-c2ccccc21)C(=O)N(CC)C(C)C(=O)O. The molecule has 0 heterocycles. The van der Waals surface area contributed by atoms with E-state index in [2.05, 4.69) is 17.4 Å². The smallest absolute Gasteiger partial charge is 0.407 e. The molecule has 2 atom stereocenters. The number of carbonyl (C=O) groups is 3. The lowest BCUT2D eigenvalue weighted by molar-refractivity contribution is -0.150. The topological polar surface area (TPSA) is 95.9 Å². The van der Waals surface area contributed by atoms with Gasteiger partial charge in [-0.05, 0) is 42.5 Å². The quantitative estimate of drug-likeness (QED) is 0.675. The number of nitrogens with one attached hydrogen (secondary N) is 1. The van der Waals surface area contributed by atoms with E-state index in [-0.39, 0.29) is 19.1 Å². The summed E-state index contributed by atoms with van der Waals surface area (Å²) in [5.41, 5.74) is 4.48. The Morgan fingerprint density at radius 2 is 1.58 bits per heavy atom. The van der Waals surface area contributed by atoms with E-state index < -0.39 is 30.1 Å². The zero-order valence-electron chi connectivity index (χ0n) is 18.0. The predicted molar refractivity (Wildman–Crippen MR) is 117 cm³/mol. The van der Waals surface area contributed by atoms with Crippen molar-refractivity contribution < 1.29 is 24.2 Å². The summed E-state index contributed by atoms with van der Waals surface area (Å²) in [7, 11) is 0. The Morgan fingerprint density at radius 3 is 2.06 bits per heavy atom. The van der Waals surface area contributed by atoms with Gasteiger partial charge >= 0.3 is 12.1 Å². The van der Waals surface area contributed by atoms with Crippen molar-refractivity contribution in [1.29, 1.82) is 0 Å². The van der Waals surface area contributed by atoms with E-state index in [4.69, 9.17) is 4.74 Å². The molecule has 7 heteroatoms. The molecule has 7 nitrogen and oxygen atoms in total. The second kappa shape index (κ2) is 9.64. The number of carboxylic acids is 1. The number of likely N-dealkylation sites (N-methyl/N-ethyl adjacent to an activating group) is 1. The molecule has 0 saturated carbocycles. The second-order valence-electron chi connectivity index (χ2n) is 7.57. The zero-order chi connectivity index (χ0) is 22.5. The minimum Gasteiger partial charge on any atom is -0.480 e. The van der Waals surface area contributed by atoms with Crippen LogP contribution in [0.15, 0.2) is 48.5 Å². The number of fused-ring (bicyclic) bond motifs is 3. The van der Waals surface area contributed by atoms with Crippen molar-refractivity contribution >= 4 is 18.0 Å². The summed E-state index contributed by atoms with van der Waals surface area (Å²) in [5.74, 6) is -1.60. The van der Waals surface area contributed by atoms with Crippen molar-refractivity contribution in [3.8, 4) is 11.1 Å². The number of benzene rings is 2. The Hall–Kier alpha value is -3.35. The number of carboxylic acid groups (broad SMARTS) is 1. The molecule has 2 amide bonds. The molecule has 2 aromatic rings. The van der Waals surface area contributed by atoms with Crippen molar-refractivity contribution in [3.63, 3.8) is 0 Å². The number of ether oxygens (including phenoxy) is 1. The molecule has 0 saturated heterocycles. The monoisotopic (exact) mass is 424 g/mol. The molecule has 0 spiro atoms. The number of carbonyl (C=O) groups excluding carboxylic acids is 2. The van der Waals surface area contributed by atoms with E-state index in [1.54, 1.807) is 13.8 Å². The van der Waals surface area contributed by atoms with Gasteiger partial charge in [-0.2, -0.15) is 0 Å². The minimum absolute atomic E-state index is 0.0758. The molecule has 31 heavy (non-hydrogen) atoms. The summed E-state index contributed by atoms with van der Waals surface area (Å²) in [6.45, 7) is 5.29. The maximum atomic E-state index is 12.8. The van der Waals surface area contributed by atoms with Crippen LogP contribution in [0.5, 0.6) is 0 Å². The minimum atomic E-state index is -1.09. The molecule has 164 valence electrons. The van der Waals surface area contributed by atoms with E-state index in [0.29, 0.717) is 6.42 Å². The van der Waals surface area contributed by atoms with Gasteiger partial charge in [0.05, 0.1) is 0 Å². The van der Waals surface area contributed by atoms with Crippen LogP contribution < -0.4 is 5.32 Å². The molecule has 1 unspecified atom stereocenters. The first-order valence-corrected chi connectivity index (χ1v) is 10.5. The highest BCUT2D eigenvalue weighted by atomic mass is 16.5. The van der Waals surface area contributed by atoms with Crippen LogP contribution in [0.3, 0.4) is 0 Å². The second-order valence-corrected chi connectivity index (χ2v) is 7.57. The normalized spacial score (nSPS) is 14.2. The van der Waals surface area contributed by atoms with Gasteiger partial charge in [-0.25, -0.2) is 9.59 Å². The van der Waals surface area contributed by atoms with Crippen molar-refractivity contribution in [1.82, 2.24) is 10.2 Å². The van der Waals surface area contributed by atoms with E-state index in [9.17, 15) is 19.5 Å². The number of hydrogen-bond donors (Lipinski definition) is 2. The number of hydrogen-bond acceptors (Lipinski definition) is 4. The van der Waals surface area contributed by atoms with Gasteiger partial charge in [0, 0.05) is 12.5 Å². The molecule has 3 rings (SSSR count). The van der Waals surface area contributed by atoms with Gasteiger partial charge in [-0.3, -0.25) is 4.79 Å². The molecular formula is C24H28N2O5. The summed E-state index contributed by atoms with van der Waals surface area (Å²) < 4.78 is 5.51. The summed E-state index contributed by atoms with van der Waals surface area (Å²) in [6, 6.07) is 14.3. The Bertz CT molecular complexity index is 928. The van der Waals surface area contributed by atoms with Crippen molar-refractivity contribution in [2.45, 2.75) is 45.2 Å². The highest BCUT2D eigenvalue weighted by Crippen LogP contribution is 2.44. The molecule has 0 fully saturated rings.